The molecule has 0 aliphatic heterocycles. The summed E-state index contributed by atoms with van der Waals surface area (Å²) < 4.78 is 32.8. The highest BCUT2D eigenvalue weighted by molar-refractivity contribution is 5.98. The van der Waals surface area contributed by atoms with Gasteiger partial charge < -0.3 is 14.6 Å². The molecular formula is C22H25F2N3O3. The molecule has 0 radical (unpaired) electrons. The van der Waals surface area contributed by atoms with Gasteiger partial charge in [0.15, 0.2) is 0 Å². The topological polar surface area (TPSA) is 72.7 Å². The SMILES string of the molecule is COCC(C)=Nc1cc(-c2cc(C)c(=O)n(C)c2)ccc1NC(=O)C1CC(F)(F)C1. The lowest BCUT2D eigenvalue weighted by atomic mass is 9.80. The molecule has 3 rings (SSSR count). The molecule has 0 atom stereocenters. The third-order valence-electron chi connectivity index (χ3n) is 5.08. The molecule has 30 heavy (non-hydrogen) atoms. The molecule has 1 amide bonds. The molecular weight excluding hydrogens is 392 g/mol. The van der Waals surface area contributed by atoms with Gasteiger partial charge >= 0.3 is 0 Å². The molecule has 1 saturated carbocycles. The standard InChI is InChI=1S/C22H25F2N3O3/c1-13-7-16(11-27(3)21(13)29)15-5-6-18(19(8-15)25-14(2)12-30-4)26-20(28)17-9-22(23,24)10-17/h5-8,11,17H,9-10,12H2,1-4H3,(H,26,28). The van der Waals surface area contributed by atoms with Crippen LogP contribution in [-0.2, 0) is 16.6 Å². The van der Waals surface area contributed by atoms with E-state index in [-0.39, 0.29) is 5.56 Å². The number of amides is 1. The number of aromatic nitrogens is 1. The van der Waals surface area contributed by atoms with E-state index in [0.717, 1.165) is 11.1 Å². The van der Waals surface area contributed by atoms with E-state index >= 15 is 0 Å². The second-order valence-corrected chi connectivity index (χ2v) is 7.79. The van der Waals surface area contributed by atoms with Gasteiger partial charge in [0.05, 0.1) is 18.0 Å². The minimum atomic E-state index is -2.76. The molecule has 1 fully saturated rings. The van der Waals surface area contributed by atoms with E-state index < -0.39 is 30.6 Å². The highest BCUT2D eigenvalue weighted by Gasteiger charge is 2.48. The molecule has 2 aromatic rings. The van der Waals surface area contributed by atoms with Gasteiger partial charge in [0.25, 0.3) is 5.56 Å². The fourth-order valence-corrected chi connectivity index (χ4v) is 3.47. The van der Waals surface area contributed by atoms with Crippen molar-refractivity contribution >= 4 is 23.0 Å². The molecule has 1 aromatic carbocycles. The van der Waals surface area contributed by atoms with E-state index in [4.69, 9.17) is 4.74 Å². The molecule has 1 heterocycles. The van der Waals surface area contributed by atoms with E-state index in [9.17, 15) is 18.4 Å². The van der Waals surface area contributed by atoms with Gasteiger partial charge in [-0.3, -0.25) is 14.6 Å². The number of benzene rings is 1. The number of halogens is 2. The number of pyridine rings is 1. The van der Waals surface area contributed by atoms with E-state index in [1.165, 1.54) is 4.57 Å². The highest BCUT2D eigenvalue weighted by atomic mass is 19.3. The van der Waals surface area contributed by atoms with Gasteiger partial charge in [0.2, 0.25) is 11.8 Å². The number of anilines is 1. The number of nitrogens with zero attached hydrogens (tertiary/aromatic N) is 2. The summed E-state index contributed by atoms with van der Waals surface area (Å²) in [5.41, 5.74) is 3.80. The number of hydrogen-bond donors (Lipinski definition) is 1. The lowest BCUT2D eigenvalue weighted by Gasteiger charge is -2.33. The van der Waals surface area contributed by atoms with Crippen molar-refractivity contribution in [2.45, 2.75) is 32.6 Å². The molecule has 160 valence electrons. The molecule has 0 saturated heterocycles. The largest absolute Gasteiger partial charge is 0.379 e. The summed E-state index contributed by atoms with van der Waals surface area (Å²) in [7, 11) is 3.24. The molecule has 0 unspecified atom stereocenters. The zero-order chi connectivity index (χ0) is 22.1. The van der Waals surface area contributed by atoms with Gasteiger partial charge in [0.1, 0.15) is 0 Å². The predicted octanol–water partition coefficient (Wildman–Crippen LogP) is 4.08. The van der Waals surface area contributed by atoms with Crippen LogP contribution in [0.5, 0.6) is 0 Å². The summed E-state index contributed by atoms with van der Waals surface area (Å²) in [5, 5.41) is 2.73. The summed E-state index contributed by atoms with van der Waals surface area (Å²) >= 11 is 0. The van der Waals surface area contributed by atoms with E-state index in [1.807, 2.05) is 0 Å². The van der Waals surface area contributed by atoms with E-state index in [0.29, 0.717) is 29.3 Å². The van der Waals surface area contributed by atoms with Crippen LogP contribution >= 0.6 is 0 Å². The summed E-state index contributed by atoms with van der Waals surface area (Å²) in [6.07, 6.45) is 0.861. The van der Waals surface area contributed by atoms with E-state index in [1.54, 1.807) is 58.5 Å². The lowest BCUT2D eigenvalue weighted by Crippen LogP contribution is -2.42. The van der Waals surface area contributed by atoms with Crippen molar-refractivity contribution in [3.63, 3.8) is 0 Å². The maximum absolute atomic E-state index is 13.1. The van der Waals surface area contributed by atoms with Crippen LogP contribution in [0, 0.1) is 12.8 Å². The van der Waals surface area contributed by atoms with Crippen LogP contribution in [0.1, 0.15) is 25.3 Å². The first-order valence-electron chi connectivity index (χ1n) is 9.63. The second-order valence-electron chi connectivity index (χ2n) is 7.79. The van der Waals surface area contributed by atoms with Crippen LogP contribution in [0.3, 0.4) is 0 Å². The zero-order valence-electron chi connectivity index (χ0n) is 17.5. The molecule has 6 nitrogen and oxygen atoms in total. The molecule has 0 spiro atoms. The Kier molecular flexibility index (Phi) is 6.17. The Balaban J connectivity index is 1.96. The van der Waals surface area contributed by atoms with Gasteiger partial charge in [-0.05, 0) is 43.2 Å². The van der Waals surface area contributed by atoms with Gasteiger partial charge in [-0.2, -0.15) is 0 Å². The van der Waals surface area contributed by atoms with Crippen molar-refractivity contribution in [2.24, 2.45) is 18.0 Å². The second kappa shape index (κ2) is 8.47. The Bertz CT molecular complexity index is 1030. The van der Waals surface area contributed by atoms with Crippen molar-refractivity contribution in [1.29, 1.82) is 0 Å². The number of nitrogens with one attached hydrogen (secondary N) is 1. The number of aliphatic imine (C=N–C) groups is 1. The number of ether oxygens (including phenoxy) is 1. The van der Waals surface area contributed by atoms with Gasteiger partial charge in [-0.25, -0.2) is 8.78 Å². The monoisotopic (exact) mass is 417 g/mol. The van der Waals surface area contributed by atoms with Gasteiger partial charge in [0, 0.05) is 50.4 Å². The van der Waals surface area contributed by atoms with Gasteiger partial charge in [-0.1, -0.05) is 6.07 Å². The molecule has 1 aliphatic rings. The number of carbonyl (C=O) groups is 1. The normalized spacial score (nSPS) is 16.3. The number of methoxy groups -OCH3 is 1. The van der Waals surface area contributed by atoms with Crippen molar-refractivity contribution in [2.75, 3.05) is 19.0 Å². The predicted molar refractivity (Wildman–Crippen MR) is 113 cm³/mol. The van der Waals surface area contributed by atoms with Crippen molar-refractivity contribution in [3.8, 4) is 11.1 Å². The Morgan fingerprint density at radius 1 is 1.30 bits per heavy atom. The molecule has 1 aromatic heterocycles. The molecule has 8 heteroatoms. The minimum absolute atomic E-state index is 0.0749. The maximum atomic E-state index is 13.1. The van der Waals surface area contributed by atoms with Crippen LogP contribution < -0.4 is 10.9 Å². The smallest absolute Gasteiger partial charge is 0.253 e. The summed E-state index contributed by atoms with van der Waals surface area (Å²) in [4.78, 5) is 28.9. The summed E-state index contributed by atoms with van der Waals surface area (Å²) in [6, 6.07) is 7.09. The number of rotatable bonds is 6. The summed E-state index contributed by atoms with van der Waals surface area (Å²) in [6.45, 7) is 3.85. The highest BCUT2D eigenvalue weighted by Crippen LogP contribution is 2.43. The maximum Gasteiger partial charge on any atom is 0.253 e. The minimum Gasteiger partial charge on any atom is -0.379 e. The lowest BCUT2D eigenvalue weighted by molar-refractivity contribution is -0.145. The van der Waals surface area contributed by atoms with Crippen LogP contribution in [0.15, 0.2) is 40.2 Å². The average Bonchev–Trinajstić information content (AvgIpc) is 2.65. The van der Waals surface area contributed by atoms with Crippen molar-refractivity contribution in [3.05, 3.63) is 46.4 Å². The third-order valence-corrected chi connectivity index (χ3v) is 5.08. The number of aryl methyl sites for hydroxylation is 2. The van der Waals surface area contributed by atoms with E-state index in [2.05, 4.69) is 10.3 Å². The fraction of sp³-hybridized carbons (Fsp3) is 0.409. The van der Waals surface area contributed by atoms with Crippen LogP contribution in [0.2, 0.25) is 0 Å². The van der Waals surface area contributed by atoms with Crippen LogP contribution in [0.25, 0.3) is 11.1 Å². The number of alkyl halides is 2. The van der Waals surface area contributed by atoms with Crippen molar-refractivity contribution < 1.29 is 18.3 Å². The van der Waals surface area contributed by atoms with Crippen LogP contribution in [-0.4, -0.2) is 35.8 Å². The first-order valence-corrected chi connectivity index (χ1v) is 9.63. The molecule has 1 N–H and O–H groups in total. The zero-order valence-corrected chi connectivity index (χ0v) is 17.5. The Labute approximate surface area is 173 Å². The first-order chi connectivity index (χ1) is 14.1. The summed E-state index contributed by atoms with van der Waals surface area (Å²) in [5.74, 6) is -3.90. The average molecular weight is 417 g/mol. The third kappa shape index (κ3) is 4.81. The van der Waals surface area contributed by atoms with Crippen molar-refractivity contribution in [1.82, 2.24) is 4.57 Å². The Morgan fingerprint density at radius 2 is 2.00 bits per heavy atom. The number of hydrogen-bond acceptors (Lipinski definition) is 4. The Morgan fingerprint density at radius 3 is 2.60 bits per heavy atom. The number of carbonyl (C=O) groups excluding carboxylic acids is 1. The fourth-order valence-electron chi connectivity index (χ4n) is 3.47. The quantitative estimate of drug-likeness (QED) is 0.720. The molecule has 1 aliphatic carbocycles. The van der Waals surface area contributed by atoms with Crippen LogP contribution in [0.4, 0.5) is 20.2 Å². The molecule has 0 bridgehead atoms. The Hall–Kier alpha value is -2.87. The first kappa shape index (κ1) is 21.8. The van der Waals surface area contributed by atoms with Gasteiger partial charge in [-0.15, -0.1) is 0 Å².